The Bertz CT molecular complexity index is 1280. The summed E-state index contributed by atoms with van der Waals surface area (Å²) in [4.78, 5) is 42.5. The summed E-state index contributed by atoms with van der Waals surface area (Å²) in [7, 11) is 0. The van der Waals surface area contributed by atoms with Crippen LogP contribution in [0, 0.1) is 0 Å². The summed E-state index contributed by atoms with van der Waals surface area (Å²) in [5.74, 6) is 5.75. The first kappa shape index (κ1) is 21.9. The quantitative estimate of drug-likeness (QED) is 0.218. The maximum absolute atomic E-state index is 13.0. The standard InChI is InChI=1S/C21H21N5O4S2/c1-3-30-19(28)15-11(2)23-20(29)24-14(15)10-32-21-25-17-16(18(27)26(21)22)13(9-31-17)12-7-5-4-6-8-12/h4-9,11H,3,10,22H2,1-2H3,(H2,23,24,29)/t11-/m1/s1. The Morgan fingerprint density at radius 1 is 1.31 bits per heavy atom. The van der Waals surface area contributed by atoms with E-state index in [9.17, 15) is 14.4 Å². The summed E-state index contributed by atoms with van der Waals surface area (Å²) in [5, 5.41) is 7.93. The van der Waals surface area contributed by atoms with Crippen molar-refractivity contribution in [2.24, 2.45) is 0 Å². The van der Waals surface area contributed by atoms with Crippen molar-refractivity contribution < 1.29 is 14.3 Å². The minimum absolute atomic E-state index is 0.179. The van der Waals surface area contributed by atoms with Gasteiger partial charge >= 0.3 is 12.0 Å². The van der Waals surface area contributed by atoms with Gasteiger partial charge in [-0.3, -0.25) is 4.79 Å². The van der Waals surface area contributed by atoms with Crippen molar-refractivity contribution >= 4 is 45.3 Å². The van der Waals surface area contributed by atoms with E-state index in [1.165, 1.54) is 11.3 Å². The van der Waals surface area contributed by atoms with Gasteiger partial charge in [-0.1, -0.05) is 42.1 Å². The van der Waals surface area contributed by atoms with Gasteiger partial charge in [0.05, 0.1) is 23.6 Å². The van der Waals surface area contributed by atoms with Crippen molar-refractivity contribution in [1.82, 2.24) is 20.3 Å². The number of ether oxygens (including phenoxy) is 1. The molecular weight excluding hydrogens is 450 g/mol. The van der Waals surface area contributed by atoms with Gasteiger partial charge in [0, 0.05) is 22.4 Å². The maximum Gasteiger partial charge on any atom is 0.337 e. The minimum atomic E-state index is -0.514. The number of nitrogen functional groups attached to an aromatic ring is 1. The van der Waals surface area contributed by atoms with Crippen molar-refractivity contribution in [3.8, 4) is 11.1 Å². The zero-order valence-electron chi connectivity index (χ0n) is 17.4. The van der Waals surface area contributed by atoms with Crippen LogP contribution in [0.25, 0.3) is 21.3 Å². The van der Waals surface area contributed by atoms with Crippen LogP contribution in [0.4, 0.5) is 4.79 Å². The SMILES string of the molecule is CCOC(=O)C1=C(CSc2nc3scc(-c4ccccc4)c3c(=O)n2N)NC(=O)N[C@@H]1C. The Morgan fingerprint density at radius 2 is 2.06 bits per heavy atom. The third-order valence-electron chi connectivity index (χ3n) is 4.90. The number of carbonyl (C=O) groups excluding carboxylic acids is 2. The molecule has 3 heterocycles. The summed E-state index contributed by atoms with van der Waals surface area (Å²) >= 11 is 2.52. The number of hydrogen-bond donors (Lipinski definition) is 3. The van der Waals surface area contributed by atoms with Crippen LogP contribution >= 0.6 is 23.1 Å². The van der Waals surface area contributed by atoms with E-state index in [1.807, 2.05) is 35.7 Å². The number of nitrogens with zero attached hydrogens (tertiary/aromatic N) is 2. The molecule has 9 nitrogen and oxygen atoms in total. The molecule has 0 spiro atoms. The van der Waals surface area contributed by atoms with Gasteiger partial charge in [0.15, 0.2) is 5.16 Å². The Morgan fingerprint density at radius 3 is 2.78 bits per heavy atom. The molecule has 166 valence electrons. The lowest BCUT2D eigenvalue weighted by Gasteiger charge is -2.26. The maximum atomic E-state index is 13.0. The van der Waals surface area contributed by atoms with Crippen LogP contribution in [0.3, 0.4) is 0 Å². The van der Waals surface area contributed by atoms with Gasteiger partial charge in [-0.25, -0.2) is 19.2 Å². The molecule has 2 aromatic heterocycles. The third kappa shape index (κ3) is 4.08. The van der Waals surface area contributed by atoms with Gasteiger partial charge in [0.2, 0.25) is 0 Å². The van der Waals surface area contributed by atoms with E-state index in [-0.39, 0.29) is 23.1 Å². The van der Waals surface area contributed by atoms with Gasteiger partial charge in [0.25, 0.3) is 5.56 Å². The number of nitrogens with one attached hydrogen (secondary N) is 2. The molecular formula is C21H21N5O4S2. The van der Waals surface area contributed by atoms with E-state index in [0.29, 0.717) is 21.5 Å². The smallest absolute Gasteiger partial charge is 0.337 e. The Hall–Kier alpha value is -3.31. The summed E-state index contributed by atoms with van der Waals surface area (Å²) in [6.07, 6.45) is 0. The topological polar surface area (TPSA) is 128 Å². The van der Waals surface area contributed by atoms with E-state index >= 15 is 0 Å². The van der Waals surface area contributed by atoms with Gasteiger partial charge in [0.1, 0.15) is 4.83 Å². The lowest BCUT2D eigenvalue weighted by atomic mass is 10.1. The van der Waals surface area contributed by atoms with Crippen molar-refractivity contribution in [2.45, 2.75) is 25.0 Å². The summed E-state index contributed by atoms with van der Waals surface area (Å²) < 4.78 is 6.13. The van der Waals surface area contributed by atoms with Crippen LogP contribution in [0.15, 0.2) is 56.9 Å². The molecule has 1 aliphatic rings. The number of thioether (sulfide) groups is 1. The zero-order valence-corrected chi connectivity index (χ0v) is 19.0. The fraction of sp³-hybridized carbons (Fsp3) is 0.238. The molecule has 0 saturated carbocycles. The van der Waals surface area contributed by atoms with Gasteiger partial charge in [-0.2, -0.15) is 0 Å². The highest BCUT2D eigenvalue weighted by Gasteiger charge is 2.30. The number of thiophene rings is 1. The van der Waals surface area contributed by atoms with E-state index in [2.05, 4.69) is 15.6 Å². The first-order valence-corrected chi connectivity index (χ1v) is 11.7. The Kier molecular flexibility index (Phi) is 6.19. The van der Waals surface area contributed by atoms with Crippen LogP contribution in [0.5, 0.6) is 0 Å². The predicted octanol–water partition coefficient (Wildman–Crippen LogP) is 2.45. The van der Waals surface area contributed by atoms with Crippen LogP contribution in [0.2, 0.25) is 0 Å². The second-order valence-electron chi connectivity index (χ2n) is 6.99. The highest BCUT2D eigenvalue weighted by atomic mass is 32.2. The molecule has 2 amide bonds. The number of fused-ring (bicyclic) bond motifs is 1. The molecule has 1 aliphatic heterocycles. The Labute approximate surface area is 191 Å². The minimum Gasteiger partial charge on any atom is -0.463 e. The molecule has 11 heteroatoms. The second kappa shape index (κ2) is 9.05. The second-order valence-corrected chi connectivity index (χ2v) is 8.79. The third-order valence-corrected chi connectivity index (χ3v) is 6.75. The van der Waals surface area contributed by atoms with E-state index < -0.39 is 18.0 Å². The lowest BCUT2D eigenvalue weighted by molar-refractivity contribution is -0.138. The van der Waals surface area contributed by atoms with Crippen LogP contribution in [-0.2, 0) is 9.53 Å². The highest BCUT2D eigenvalue weighted by molar-refractivity contribution is 7.99. The number of nitrogens with two attached hydrogens (primary N) is 1. The number of hydrogen-bond acceptors (Lipinski definition) is 8. The largest absolute Gasteiger partial charge is 0.463 e. The van der Waals surface area contributed by atoms with Crippen LogP contribution in [-0.4, -0.2) is 40.1 Å². The van der Waals surface area contributed by atoms with E-state index in [0.717, 1.165) is 27.6 Å². The highest BCUT2D eigenvalue weighted by Crippen LogP contribution is 2.32. The molecule has 0 unspecified atom stereocenters. The van der Waals surface area contributed by atoms with E-state index in [4.69, 9.17) is 10.6 Å². The van der Waals surface area contributed by atoms with Crippen molar-refractivity contribution in [3.05, 3.63) is 57.3 Å². The number of aromatic nitrogens is 2. The molecule has 0 radical (unpaired) electrons. The van der Waals surface area contributed by atoms with Crippen molar-refractivity contribution in [1.29, 1.82) is 0 Å². The fourth-order valence-corrected chi connectivity index (χ4v) is 5.32. The molecule has 4 rings (SSSR count). The number of urea groups is 1. The summed E-state index contributed by atoms with van der Waals surface area (Å²) in [6, 6.07) is 8.64. The van der Waals surface area contributed by atoms with Gasteiger partial charge < -0.3 is 21.2 Å². The number of esters is 1. The van der Waals surface area contributed by atoms with Crippen molar-refractivity contribution in [3.63, 3.8) is 0 Å². The molecule has 3 aromatic rings. The first-order chi connectivity index (χ1) is 15.4. The molecule has 0 saturated heterocycles. The molecule has 1 aromatic carbocycles. The van der Waals surface area contributed by atoms with Gasteiger partial charge in [-0.05, 0) is 19.4 Å². The number of benzene rings is 1. The average Bonchev–Trinajstić information content (AvgIpc) is 3.19. The molecule has 32 heavy (non-hydrogen) atoms. The molecule has 0 fully saturated rings. The first-order valence-electron chi connectivity index (χ1n) is 9.86. The lowest BCUT2D eigenvalue weighted by Crippen LogP contribution is -2.49. The normalized spacial score (nSPS) is 16.1. The van der Waals surface area contributed by atoms with Crippen molar-refractivity contribution in [2.75, 3.05) is 18.2 Å². The van der Waals surface area contributed by atoms with Crippen LogP contribution in [0.1, 0.15) is 13.8 Å². The molecule has 0 aliphatic carbocycles. The van der Waals surface area contributed by atoms with Crippen LogP contribution < -0.4 is 22.0 Å². The molecule has 0 bridgehead atoms. The van der Waals surface area contributed by atoms with E-state index in [1.54, 1.807) is 13.8 Å². The fourth-order valence-electron chi connectivity index (χ4n) is 3.45. The summed E-state index contributed by atoms with van der Waals surface area (Å²) in [5.41, 5.74) is 2.06. The Balaban J connectivity index is 1.68. The molecule has 1 atom stereocenters. The number of amides is 2. The molecule has 4 N–H and O–H groups in total. The predicted molar refractivity (Wildman–Crippen MR) is 125 cm³/mol. The number of rotatable bonds is 6. The zero-order chi connectivity index (χ0) is 22.8. The monoisotopic (exact) mass is 471 g/mol. The summed E-state index contributed by atoms with van der Waals surface area (Å²) in [6.45, 7) is 3.63. The average molecular weight is 472 g/mol. The number of carbonyl (C=O) groups is 2. The van der Waals surface area contributed by atoms with Gasteiger partial charge in [-0.15, -0.1) is 11.3 Å².